The number of aromatic amines is 1. The minimum absolute atomic E-state index is 0.0234. The number of hydrogen-bond acceptors (Lipinski definition) is 7. The number of methoxy groups -OCH3 is 1. The molecular weight excluding hydrogens is 284 g/mol. The lowest BCUT2D eigenvalue weighted by molar-refractivity contribution is -0.139. The van der Waals surface area contributed by atoms with E-state index in [2.05, 4.69) is 19.9 Å². The molecule has 106 valence electrons. The number of anilines is 1. The molecule has 0 saturated carbocycles. The topological polar surface area (TPSA) is 128 Å². The third-order valence-corrected chi connectivity index (χ3v) is 4.04. The Morgan fingerprint density at radius 1 is 1.35 bits per heavy atom. The summed E-state index contributed by atoms with van der Waals surface area (Å²) in [6.07, 6.45) is -0.180. The van der Waals surface area contributed by atoms with Gasteiger partial charge in [0.2, 0.25) is 9.84 Å². The third-order valence-electron chi connectivity index (χ3n) is 2.48. The van der Waals surface area contributed by atoms with Crippen LogP contribution < -0.4 is 5.73 Å². The molecular formula is C11H12N4O4S. The fraction of sp³-hybridized carbons (Fsp3) is 0.182. The van der Waals surface area contributed by atoms with E-state index in [4.69, 9.17) is 5.73 Å². The third kappa shape index (κ3) is 2.77. The highest BCUT2D eigenvalue weighted by Crippen LogP contribution is 2.18. The van der Waals surface area contributed by atoms with Crippen LogP contribution in [0.1, 0.15) is 5.82 Å². The largest absolute Gasteiger partial charge is 0.469 e. The standard InChI is InChI=1S/C11H12N4O4S/c1-19-10(16)6-9-13-11(15-14-9)20(17,18)8-4-2-7(12)3-5-8/h2-5H,6,12H2,1H3,(H,13,14,15). The maximum atomic E-state index is 12.2. The zero-order valence-corrected chi connectivity index (χ0v) is 11.3. The van der Waals surface area contributed by atoms with E-state index in [9.17, 15) is 13.2 Å². The van der Waals surface area contributed by atoms with Crippen LogP contribution in [0.3, 0.4) is 0 Å². The molecule has 20 heavy (non-hydrogen) atoms. The molecule has 0 bridgehead atoms. The Labute approximate surface area is 114 Å². The minimum atomic E-state index is -3.84. The Hall–Kier alpha value is -2.42. The number of esters is 1. The summed E-state index contributed by atoms with van der Waals surface area (Å²) in [5.74, 6) is -0.427. The van der Waals surface area contributed by atoms with Gasteiger partial charge in [0.25, 0.3) is 5.16 Å². The van der Waals surface area contributed by atoms with Crippen LogP contribution in [0.5, 0.6) is 0 Å². The molecule has 9 heteroatoms. The van der Waals surface area contributed by atoms with Crippen molar-refractivity contribution in [2.24, 2.45) is 0 Å². The van der Waals surface area contributed by atoms with Crippen molar-refractivity contribution in [3.63, 3.8) is 0 Å². The van der Waals surface area contributed by atoms with Crippen LogP contribution in [0.25, 0.3) is 0 Å². The van der Waals surface area contributed by atoms with Crippen molar-refractivity contribution < 1.29 is 17.9 Å². The van der Waals surface area contributed by atoms with Gasteiger partial charge in [-0.15, -0.1) is 5.10 Å². The number of ether oxygens (including phenoxy) is 1. The Kier molecular flexibility index (Phi) is 3.70. The second-order valence-corrected chi connectivity index (χ2v) is 5.73. The lowest BCUT2D eigenvalue weighted by Gasteiger charge is -2.00. The van der Waals surface area contributed by atoms with Crippen molar-refractivity contribution in [3.05, 3.63) is 30.1 Å². The van der Waals surface area contributed by atoms with Gasteiger partial charge in [0.1, 0.15) is 12.2 Å². The van der Waals surface area contributed by atoms with Crippen LogP contribution in [0.2, 0.25) is 0 Å². The van der Waals surface area contributed by atoms with Crippen LogP contribution in [-0.4, -0.2) is 36.7 Å². The van der Waals surface area contributed by atoms with Crippen molar-refractivity contribution in [1.29, 1.82) is 0 Å². The van der Waals surface area contributed by atoms with Gasteiger partial charge in [-0.05, 0) is 24.3 Å². The van der Waals surface area contributed by atoms with Gasteiger partial charge < -0.3 is 10.5 Å². The average Bonchev–Trinajstić information content (AvgIpc) is 2.88. The average molecular weight is 296 g/mol. The van der Waals surface area contributed by atoms with Crippen LogP contribution in [0, 0.1) is 0 Å². The number of hydrogen-bond donors (Lipinski definition) is 2. The first kappa shape index (κ1) is 14.0. The Morgan fingerprint density at radius 2 is 2.00 bits per heavy atom. The van der Waals surface area contributed by atoms with Gasteiger partial charge in [-0.2, -0.15) is 0 Å². The molecule has 0 unspecified atom stereocenters. The number of nitrogens with two attached hydrogens (primary N) is 1. The molecule has 0 aliphatic rings. The van der Waals surface area contributed by atoms with E-state index in [0.717, 1.165) is 0 Å². The van der Waals surface area contributed by atoms with E-state index >= 15 is 0 Å². The summed E-state index contributed by atoms with van der Waals surface area (Å²) in [4.78, 5) is 14.9. The van der Waals surface area contributed by atoms with Crippen LogP contribution >= 0.6 is 0 Å². The molecule has 0 saturated heterocycles. The first-order valence-electron chi connectivity index (χ1n) is 5.52. The molecule has 2 rings (SSSR count). The molecule has 1 aromatic carbocycles. The van der Waals surface area contributed by atoms with Gasteiger partial charge in [0.15, 0.2) is 0 Å². The molecule has 0 fully saturated rings. The predicted octanol–water partition coefficient (Wildman–Crippen LogP) is -0.0648. The number of nitrogens with zero attached hydrogens (tertiary/aromatic N) is 2. The smallest absolute Gasteiger partial charge is 0.313 e. The fourth-order valence-corrected chi connectivity index (χ4v) is 2.54. The first-order valence-corrected chi connectivity index (χ1v) is 7.00. The number of sulfone groups is 1. The Morgan fingerprint density at radius 3 is 2.60 bits per heavy atom. The van der Waals surface area contributed by atoms with Crippen LogP contribution in [-0.2, 0) is 25.8 Å². The second kappa shape index (κ2) is 5.29. The number of carbonyl (C=O) groups excluding carboxylic acids is 1. The number of nitrogens with one attached hydrogen (secondary N) is 1. The summed E-state index contributed by atoms with van der Waals surface area (Å²) >= 11 is 0. The lowest BCUT2D eigenvalue weighted by Crippen LogP contribution is -2.07. The van der Waals surface area contributed by atoms with E-state index in [0.29, 0.717) is 5.69 Å². The Bertz CT molecular complexity index is 721. The SMILES string of the molecule is COC(=O)Cc1nc(S(=O)(=O)c2ccc(N)cc2)n[nH]1. The van der Waals surface area contributed by atoms with Crippen molar-refractivity contribution in [2.45, 2.75) is 16.5 Å². The molecule has 1 aromatic heterocycles. The highest BCUT2D eigenvalue weighted by atomic mass is 32.2. The van der Waals surface area contributed by atoms with Gasteiger partial charge in [-0.3, -0.25) is 9.89 Å². The van der Waals surface area contributed by atoms with Gasteiger partial charge in [0.05, 0.1) is 12.0 Å². The zero-order valence-electron chi connectivity index (χ0n) is 10.5. The summed E-state index contributed by atoms with van der Waals surface area (Å²) in [6.45, 7) is 0. The van der Waals surface area contributed by atoms with Gasteiger partial charge in [0, 0.05) is 5.69 Å². The maximum absolute atomic E-state index is 12.2. The van der Waals surface area contributed by atoms with E-state index in [1.165, 1.54) is 31.4 Å². The molecule has 3 N–H and O–H groups in total. The minimum Gasteiger partial charge on any atom is -0.469 e. The van der Waals surface area contributed by atoms with E-state index in [1.807, 2.05) is 0 Å². The highest BCUT2D eigenvalue weighted by molar-refractivity contribution is 7.91. The fourth-order valence-electron chi connectivity index (χ4n) is 1.44. The second-order valence-electron chi connectivity index (χ2n) is 3.89. The molecule has 0 radical (unpaired) electrons. The number of benzene rings is 1. The van der Waals surface area contributed by atoms with Gasteiger partial charge >= 0.3 is 5.97 Å². The summed E-state index contributed by atoms with van der Waals surface area (Å²) in [5.41, 5.74) is 5.95. The zero-order chi connectivity index (χ0) is 14.8. The molecule has 0 spiro atoms. The van der Waals surface area contributed by atoms with Crippen LogP contribution in [0.4, 0.5) is 5.69 Å². The molecule has 2 aromatic rings. The Balaban J connectivity index is 2.31. The van der Waals surface area contributed by atoms with E-state index in [-0.39, 0.29) is 17.1 Å². The molecule has 0 aliphatic carbocycles. The van der Waals surface area contributed by atoms with Crippen LogP contribution in [0.15, 0.2) is 34.3 Å². The number of H-pyrrole nitrogens is 1. The van der Waals surface area contributed by atoms with Gasteiger partial charge in [-0.1, -0.05) is 0 Å². The highest BCUT2D eigenvalue weighted by Gasteiger charge is 2.23. The molecule has 0 aliphatic heterocycles. The summed E-state index contributed by atoms with van der Waals surface area (Å²) in [6, 6.07) is 5.66. The van der Waals surface area contributed by atoms with E-state index in [1.54, 1.807) is 0 Å². The summed E-state index contributed by atoms with van der Waals surface area (Å²) in [5, 5.41) is 5.60. The molecule has 8 nitrogen and oxygen atoms in total. The molecule has 1 heterocycles. The van der Waals surface area contributed by atoms with E-state index < -0.39 is 21.0 Å². The van der Waals surface area contributed by atoms with Crippen molar-refractivity contribution >= 4 is 21.5 Å². The van der Waals surface area contributed by atoms with Gasteiger partial charge in [-0.25, -0.2) is 13.4 Å². The molecule has 0 atom stereocenters. The summed E-state index contributed by atoms with van der Waals surface area (Å²) < 4.78 is 28.9. The first-order chi connectivity index (χ1) is 9.43. The number of nitrogen functional groups attached to an aromatic ring is 1. The predicted molar refractivity (Wildman–Crippen MR) is 68.4 cm³/mol. The lowest BCUT2D eigenvalue weighted by atomic mass is 10.3. The number of aromatic nitrogens is 3. The van der Waals surface area contributed by atoms with Crippen molar-refractivity contribution in [1.82, 2.24) is 15.2 Å². The summed E-state index contributed by atoms with van der Waals surface area (Å²) in [7, 11) is -2.61. The monoisotopic (exact) mass is 296 g/mol. The van der Waals surface area contributed by atoms with Crippen molar-refractivity contribution in [3.8, 4) is 0 Å². The maximum Gasteiger partial charge on any atom is 0.313 e. The quantitative estimate of drug-likeness (QED) is 0.597. The normalized spacial score (nSPS) is 11.2. The molecule has 0 amide bonds. The van der Waals surface area contributed by atoms with Crippen molar-refractivity contribution in [2.75, 3.05) is 12.8 Å². The number of carbonyl (C=O) groups is 1. The number of rotatable bonds is 4.